The topological polar surface area (TPSA) is 54.7 Å². The highest BCUT2D eigenvalue weighted by Crippen LogP contribution is 2.34. The van der Waals surface area contributed by atoms with E-state index in [-0.39, 0.29) is 12.1 Å². The number of nitrogens with one attached hydrogen (secondary N) is 1. The summed E-state index contributed by atoms with van der Waals surface area (Å²) in [5.41, 5.74) is 2.04. The van der Waals surface area contributed by atoms with Crippen molar-refractivity contribution in [3.8, 4) is 0 Å². The third-order valence-electron chi connectivity index (χ3n) is 6.98. The number of rotatable bonds is 5. The van der Waals surface area contributed by atoms with Crippen LogP contribution in [0, 0.1) is 5.92 Å². The average Bonchev–Trinajstić information content (AvgIpc) is 3.21. The van der Waals surface area contributed by atoms with E-state index in [1.807, 2.05) is 20.8 Å². The molecule has 0 spiro atoms. The number of fused-ring (bicyclic) bond motifs is 1. The van der Waals surface area contributed by atoms with Crippen molar-refractivity contribution < 1.29 is 13.9 Å². The number of carbonyl (C=O) groups excluding carboxylic acids is 1. The monoisotopic (exact) mass is 426 g/mol. The molecule has 0 radical (unpaired) electrons. The molecule has 170 valence electrons. The van der Waals surface area contributed by atoms with E-state index in [0.717, 1.165) is 24.3 Å². The van der Waals surface area contributed by atoms with Crippen LogP contribution in [0.15, 0.2) is 34.9 Å². The maximum Gasteiger partial charge on any atom is 0.407 e. The summed E-state index contributed by atoms with van der Waals surface area (Å²) in [7, 11) is 0. The van der Waals surface area contributed by atoms with E-state index in [0.29, 0.717) is 5.92 Å². The van der Waals surface area contributed by atoms with Crippen LogP contribution < -0.4 is 5.32 Å². The van der Waals surface area contributed by atoms with Gasteiger partial charge in [0.25, 0.3) is 0 Å². The third-order valence-corrected chi connectivity index (χ3v) is 6.98. The lowest BCUT2D eigenvalue weighted by Gasteiger charge is -2.35. The summed E-state index contributed by atoms with van der Waals surface area (Å²) < 4.78 is 11.0. The van der Waals surface area contributed by atoms with Crippen LogP contribution in [-0.2, 0) is 4.74 Å². The molecule has 31 heavy (non-hydrogen) atoms. The van der Waals surface area contributed by atoms with Crippen molar-refractivity contribution >= 4 is 17.1 Å². The summed E-state index contributed by atoms with van der Waals surface area (Å²) in [5, 5.41) is 4.34. The summed E-state index contributed by atoms with van der Waals surface area (Å²) >= 11 is 0. The van der Waals surface area contributed by atoms with Crippen LogP contribution in [0.3, 0.4) is 0 Å². The third kappa shape index (κ3) is 6.03. The minimum absolute atomic E-state index is 0.271. The van der Waals surface area contributed by atoms with Crippen LogP contribution in [0.5, 0.6) is 0 Å². The highest BCUT2D eigenvalue weighted by Gasteiger charge is 2.26. The molecule has 2 aromatic rings. The molecule has 5 nitrogen and oxygen atoms in total. The summed E-state index contributed by atoms with van der Waals surface area (Å²) in [4.78, 5) is 14.6. The van der Waals surface area contributed by atoms with Crippen molar-refractivity contribution in [2.45, 2.75) is 83.3 Å². The van der Waals surface area contributed by atoms with Crippen LogP contribution in [0.2, 0.25) is 0 Å². The molecule has 0 unspecified atom stereocenters. The number of hydrogen-bond acceptors (Lipinski definition) is 4. The molecule has 2 aliphatic rings. The molecular formula is C26H38N2O3. The summed E-state index contributed by atoms with van der Waals surface area (Å²) in [6.07, 6.45) is 9.83. The van der Waals surface area contributed by atoms with Crippen molar-refractivity contribution in [3.05, 3.63) is 36.1 Å². The zero-order chi connectivity index (χ0) is 21.8. The first-order chi connectivity index (χ1) is 14.9. The van der Waals surface area contributed by atoms with Gasteiger partial charge in [-0.15, -0.1) is 0 Å². The van der Waals surface area contributed by atoms with Crippen LogP contribution in [0.4, 0.5) is 4.79 Å². The first kappa shape index (κ1) is 22.2. The number of nitrogens with zero attached hydrogens (tertiary/aromatic N) is 1. The van der Waals surface area contributed by atoms with E-state index in [4.69, 9.17) is 9.15 Å². The summed E-state index contributed by atoms with van der Waals surface area (Å²) in [5.74, 6) is 1.43. The molecule has 0 atom stereocenters. The van der Waals surface area contributed by atoms with E-state index in [9.17, 15) is 4.79 Å². The number of alkyl carbamates (subject to hydrolysis) is 1. The number of benzene rings is 1. The molecule has 1 aliphatic carbocycles. The summed E-state index contributed by atoms with van der Waals surface area (Å²) in [6.45, 7) is 9.30. The Balaban J connectivity index is 1.16. The minimum Gasteiger partial charge on any atom is -0.464 e. The maximum atomic E-state index is 12.0. The molecule has 1 N–H and O–H groups in total. The molecule has 5 heteroatoms. The van der Waals surface area contributed by atoms with Crippen LogP contribution in [0.1, 0.15) is 77.2 Å². The molecular weight excluding hydrogens is 388 g/mol. The van der Waals surface area contributed by atoms with E-state index < -0.39 is 5.60 Å². The van der Waals surface area contributed by atoms with Gasteiger partial charge >= 0.3 is 6.09 Å². The Kier molecular flexibility index (Phi) is 6.90. The number of furan rings is 1. The van der Waals surface area contributed by atoms with Gasteiger partial charge in [0.2, 0.25) is 0 Å². The Hall–Kier alpha value is -2.01. The van der Waals surface area contributed by atoms with Crippen LogP contribution in [0.25, 0.3) is 11.0 Å². The molecule has 1 saturated heterocycles. The Morgan fingerprint density at radius 1 is 1.10 bits per heavy atom. The minimum atomic E-state index is -0.431. The number of amides is 1. The van der Waals surface area contributed by atoms with Gasteiger partial charge in [0.1, 0.15) is 11.2 Å². The van der Waals surface area contributed by atoms with E-state index in [1.165, 1.54) is 62.7 Å². The quantitative estimate of drug-likeness (QED) is 0.629. The zero-order valence-corrected chi connectivity index (χ0v) is 19.4. The van der Waals surface area contributed by atoms with Gasteiger partial charge in [-0.3, -0.25) is 0 Å². The van der Waals surface area contributed by atoms with Gasteiger partial charge in [-0.05, 0) is 115 Å². The molecule has 4 rings (SSSR count). The SMILES string of the molecule is CC(C)(C)OC(=O)N[C@H]1CC[C@H](CCN2CCC(c3cccc4occc34)CC2)CC1. The Labute approximate surface area is 186 Å². The van der Waals surface area contributed by atoms with Crippen molar-refractivity contribution in [1.82, 2.24) is 10.2 Å². The Bertz CT molecular complexity index is 853. The van der Waals surface area contributed by atoms with Crippen molar-refractivity contribution in [3.63, 3.8) is 0 Å². The van der Waals surface area contributed by atoms with Gasteiger partial charge in [-0.2, -0.15) is 0 Å². The lowest BCUT2D eigenvalue weighted by molar-refractivity contribution is 0.0485. The second-order valence-corrected chi connectivity index (χ2v) is 10.4. The molecule has 1 aromatic carbocycles. The van der Waals surface area contributed by atoms with Gasteiger partial charge in [-0.25, -0.2) is 4.79 Å². The van der Waals surface area contributed by atoms with Gasteiger partial charge in [0.15, 0.2) is 0 Å². The Morgan fingerprint density at radius 2 is 1.84 bits per heavy atom. The first-order valence-electron chi connectivity index (χ1n) is 12.1. The number of ether oxygens (including phenoxy) is 1. The lowest BCUT2D eigenvalue weighted by Crippen LogP contribution is -2.41. The second kappa shape index (κ2) is 9.64. The molecule has 2 fully saturated rings. The summed E-state index contributed by atoms with van der Waals surface area (Å²) in [6, 6.07) is 8.85. The predicted octanol–water partition coefficient (Wildman–Crippen LogP) is 6.09. The fourth-order valence-corrected chi connectivity index (χ4v) is 5.28. The number of piperidine rings is 1. The van der Waals surface area contributed by atoms with Crippen molar-refractivity contribution in [2.24, 2.45) is 5.92 Å². The fourth-order valence-electron chi connectivity index (χ4n) is 5.28. The first-order valence-corrected chi connectivity index (χ1v) is 12.1. The van der Waals surface area contributed by atoms with E-state index >= 15 is 0 Å². The smallest absolute Gasteiger partial charge is 0.407 e. The molecule has 1 amide bonds. The lowest BCUT2D eigenvalue weighted by atomic mass is 9.83. The van der Waals surface area contributed by atoms with Gasteiger partial charge in [0.05, 0.1) is 6.26 Å². The van der Waals surface area contributed by atoms with Crippen LogP contribution in [-0.4, -0.2) is 42.3 Å². The largest absolute Gasteiger partial charge is 0.464 e. The number of hydrogen-bond donors (Lipinski definition) is 1. The molecule has 0 bridgehead atoms. The maximum absolute atomic E-state index is 12.0. The molecule has 2 heterocycles. The Morgan fingerprint density at radius 3 is 2.55 bits per heavy atom. The highest BCUT2D eigenvalue weighted by atomic mass is 16.6. The van der Waals surface area contributed by atoms with Gasteiger partial charge in [0, 0.05) is 11.4 Å². The molecule has 1 aliphatic heterocycles. The van der Waals surface area contributed by atoms with E-state index in [2.05, 4.69) is 34.5 Å². The predicted molar refractivity (Wildman–Crippen MR) is 124 cm³/mol. The van der Waals surface area contributed by atoms with Gasteiger partial charge in [-0.1, -0.05) is 12.1 Å². The van der Waals surface area contributed by atoms with Crippen LogP contribution >= 0.6 is 0 Å². The van der Waals surface area contributed by atoms with Crippen molar-refractivity contribution in [2.75, 3.05) is 19.6 Å². The fraction of sp³-hybridized carbons (Fsp3) is 0.654. The van der Waals surface area contributed by atoms with Gasteiger partial charge < -0.3 is 19.4 Å². The number of likely N-dealkylation sites (tertiary alicyclic amines) is 1. The average molecular weight is 427 g/mol. The standard InChI is InChI=1S/C26H38N2O3/c1-26(2,3)31-25(29)27-21-9-7-19(8-10-21)11-15-28-16-12-20(13-17-28)22-5-4-6-24-23(22)14-18-30-24/h4-6,14,18-21H,7-13,15-17H2,1-3H3,(H,27,29)/t19-,21-. The zero-order valence-electron chi connectivity index (χ0n) is 19.4. The highest BCUT2D eigenvalue weighted by molar-refractivity contribution is 5.81. The molecule has 1 aromatic heterocycles. The van der Waals surface area contributed by atoms with Crippen molar-refractivity contribution in [1.29, 1.82) is 0 Å². The second-order valence-electron chi connectivity index (χ2n) is 10.4. The van der Waals surface area contributed by atoms with E-state index in [1.54, 1.807) is 6.26 Å². The number of carbonyl (C=O) groups is 1. The molecule has 1 saturated carbocycles. The normalized spacial score (nSPS) is 23.7.